The molecule has 0 radical (unpaired) electrons. The van der Waals surface area contributed by atoms with Crippen LogP contribution in [0.25, 0.3) is 32.7 Å². The minimum atomic E-state index is -0.972. The summed E-state index contributed by atoms with van der Waals surface area (Å²) in [5.41, 5.74) is 17.0. The average Bonchev–Trinajstić information content (AvgIpc) is 1.83. The van der Waals surface area contributed by atoms with Crippen molar-refractivity contribution in [1.82, 2.24) is 20.3 Å². The van der Waals surface area contributed by atoms with E-state index in [1.165, 1.54) is 57.8 Å². The molecule has 2 bridgehead atoms. The molecule has 15 nitrogen and oxygen atoms in total. The molecule has 4 heterocycles. The number of para-hydroxylation sites is 3. The molecule has 474 valence electrons. The number of hydrogen-bond donors (Lipinski definition) is 8. The minimum absolute atomic E-state index is 0. The van der Waals surface area contributed by atoms with Crippen LogP contribution in [0.3, 0.4) is 0 Å². The Balaban J connectivity index is 0.000000196. The molecule has 7 fully saturated rings. The number of ketones is 2. The van der Waals surface area contributed by atoms with Gasteiger partial charge in [0.2, 0.25) is 5.91 Å². The van der Waals surface area contributed by atoms with Crippen molar-refractivity contribution in [2.24, 2.45) is 58.3 Å². The molecule has 6 aliphatic carbocycles. The lowest BCUT2D eigenvalue weighted by Crippen LogP contribution is -2.65. The van der Waals surface area contributed by atoms with Crippen LogP contribution in [0.2, 0.25) is 0 Å². The Morgan fingerprint density at radius 3 is 1.51 bits per heavy atom. The summed E-state index contributed by atoms with van der Waals surface area (Å²) in [7, 11) is -0.463. The summed E-state index contributed by atoms with van der Waals surface area (Å²) in [6, 6.07) is 23.5. The zero-order valence-electron chi connectivity index (χ0n) is 51.5. The van der Waals surface area contributed by atoms with Gasteiger partial charge in [-0.3, -0.25) is 24.0 Å². The summed E-state index contributed by atoms with van der Waals surface area (Å²) < 4.78 is 13.4. The van der Waals surface area contributed by atoms with Gasteiger partial charge in [-0.05, 0) is 122 Å². The molecule has 7 aliphatic rings. The molecule has 10 N–H and O–H groups in total. The van der Waals surface area contributed by atoms with Crippen molar-refractivity contribution in [3.8, 4) is 0 Å². The SMILES string of the molecule is C.CC(C)C[C@H](NC(=O)[C@@H](CC(=O)CC1CCCC1)Cc1c[nH]c2ccccc12)B1O[C@@H]2C[C@@H]3C[C@@H](C3(C)C)[C@]2(C)O1.Cl.NC1CCCC1.N[C@@H](Cc1c[nH]c2ccccc12)C(=O)O.O=C(CC1CCCC1)C[C@@H](Cc1c[nH]c2ccccc12)C(=O)O. The predicted molar refractivity (Wildman–Crippen MR) is 351 cm³/mol. The maximum atomic E-state index is 14.1. The van der Waals surface area contributed by atoms with Crippen LogP contribution in [0.5, 0.6) is 0 Å². The Morgan fingerprint density at radius 1 is 0.644 bits per heavy atom. The second-order valence-corrected chi connectivity index (χ2v) is 27.2. The van der Waals surface area contributed by atoms with Crippen LogP contribution in [0, 0.1) is 46.8 Å². The topological polar surface area (TPSA) is 256 Å². The number of halogens is 1. The highest BCUT2D eigenvalue weighted by atomic mass is 35.5. The first-order chi connectivity index (χ1) is 40.7. The molecule has 17 heteroatoms. The van der Waals surface area contributed by atoms with Crippen molar-refractivity contribution >= 4 is 81.6 Å². The van der Waals surface area contributed by atoms with Crippen LogP contribution < -0.4 is 16.8 Å². The molecular weight excluding hydrogens is 1120 g/mol. The van der Waals surface area contributed by atoms with Gasteiger partial charge in [0.05, 0.1) is 23.6 Å². The Hall–Kier alpha value is -5.78. The fourth-order valence-corrected chi connectivity index (χ4v) is 15.1. The van der Waals surface area contributed by atoms with E-state index in [1.54, 1.807) is 0 Å². The van der Waals surface area contributed by atoms with E-state index >= 15 is 0 Å². The summed E-state index contributed by atoms with van der Waals surface area (Å²) >= 11 is 0. The van der Waals surface area contributed by atoms with E-state index in [9.17, 15) is 29.1 Å². The second-order valence-electron chi connectivity index (χ2n) is 27.2. The summed E-state index contributed by atoms with van der Waals surface area (Å²) in [6.07, 6.45) is 26.2. The highest BCUT2D eigenvalue weighted by molar-refractivity contribution is 6.48. The molecule has 6 saturated carbocycles. The Labute approximate surface area is 522 Å². The number of amides is 1. The number of aromatic nitrogens is 3. The van der Waals surface area contributed by atoms with Gasteiger partial charge in [-0.15, -0.1) is 12.4 Å². The molecule has 3 aromatic carbocycles. The zero-order valence-corrected chi connectivity index (χ0v) is 52.3. The average molecular weight is 1220 g/mol. The van der Waals surface area contributed by atoms with Crippen molar-refractivity contribution in [3.63, 3.8) is 0 Å². The van der Waals surface area contributed by atoms with E-state index in [1.807, 2.05) is 79.3 Å². The maximum absolute atomic E-state index is 14.1. The molecule has 8 atom stereocenters. The van der Waals surface area contributed by atoms with E-state index in [-0.39, 0.29) is 73.2 Å². The lowest BCUT2D eigenvalue weighted by Gasteiger charge is -2.64. The summed E-state index contributed by atoms with van der Waals surface area (Å²) in [6.45, 7) is 11.3. The van der Waals surface area contributed by atoms with Gasteiger partial charge in [0, 0.05) is 95.4 Å². The van der Waals surface area contributed by atoms with E-state index < -0.39 is 36.9 Å². The van der Waals surface area contributed by atoms with Crippen LogP contribution in [0.1, 0.15) is 181 Å². The third-order valence-corrected chi connectivity index (χ3v) is 20.1. The number of fused-ring (bicyclic) bond motifs is 3. The van der Waals surface area contributed by atoms with E-state index in [0.29, 0.717) is 67.7 Å². The lowest BCUT2D eigenvalue weighted by atomic mass is 9.43. The number of aliphatic carboxylic acids is 2. The molecule has 87 heavy (non-hydrogen) atoms. The first-order valence-corrected chi connectivity index (χ1v) is 32.0. The van der Waals surface area contributed by atoms with Gasteiger partial charge in [-0.2, -0.15) is 0 Å². The third kappa shape index (κ3) is 17.3. The van der Waals surface area contributed by atoms with Gasteiger partial charge in [0.15, 0.2) is 0 Å². The molecule has 1 amide bonds. The summed E-state index contributed by atoms with van der Waals surface area (Å²) in [5.74, 6) is -0.433. The molecule has 1 saturated heterocycles. The minimum Gasteiger partial charge on any atom is -0.481 e. The van der Waals surface area contributed by atoms with Crippen LogP contribution in [0.15, 0.2) is 91.4 Å². The van der Waals surface area contributed by atoms with E-state index in [0.717, 1.165) is 87.9 Å². The highest BCUT2D eigenvalue weighted by Crippen LogP contribution is 2.66. The number of nitrogens with one attached hydrogen (secondary N) is 4. The van der Waals surface area contributed by atoms with Gasteiger partial charge >= 0.3 is 19.1 Å². The van der Waals surface area contributed by atoms with Crippen LogP contribution in [0.4, 0.5) is 0 Å². The van der Waals surface area contributed by atoms with Crippen molar-refractivity contribution in [1.29, 1.82) is 0 Å². The van der Waals surface area contributed by atoms with E-state index in [4.69, 9.17) is 25.9 Å². The molecule has 13 rings (SSSR count). The Bertz CT molecular complexity index is 3210. The van der Waals surface area contributed by atoms with Crippen molar-refractivity contribution in [3.05, 3.63) is 108 Å². The number of nitrogens with two attached hydrogens (primary N) is 2. The number of H-pyrrole nitrogens is 3. The van der Waals surface area contributed by atoms with Gasteiger partial charge < -0.3 is 51.3 Å². The zero-order chi connectivity index (χ0) is 60.4. The van der Waals surface area contributed by atoms with Crippen LogP contribution >= 0.6 is 12.4 Å². The molecule has 1 aliphatic heterocycles. The number of aromatic amines is 3. The van der Waals surface area contributed by atoms with Gasteiger partial charge in [-0.25, -0.2) is 0 Å². The van der Waals surface area contributed by atoms with Gasteiger partial charge in [0.1, 0.15) is 17.6 Å². The van der Waals surface area contributed by atoms with Crippen molar-refractivity contribution in [2.45, 2.75) is 213 Å². The molecule has 0 unspecified atom stereocenters. The largest absolute Gasteiger partial charge is 0.481 e. The Kier molecular flexibility index (Phi) is 24.6. The quantitative estimate of drug-likeness (QED) is 0.0314. The number of carbonyl (C=O) groups excluding carboxylic acids is 3. The fraction of sp³-hybridized carbons (Fsp3) is 0.586. The van der Waals surface area contributed by atoms with Crippen molar-refractivity contribution < 1.29 is 43.5 Å². The number of rotatable bonds is 21. The number of carbonyl (C=O) groups is 5. The van der Waals surface area contributed by atoms with E-state index in [2.05, 4.69) is 67.0 Å². The number of Topliss-reactive ketones (excluding diaryl/α,β-unsaturated/α-hetero) is 2. The molecule has 6 aromatic rings. The van der Waals surface area contributed by atoms with Crippen molar-refractivity contribution in [2.75, 3.05) is 0 Å². The number of benzene rings is 3. The van der Waals surface area contributed by atoms with Gasteiger partial charge in [-0.1, -0.05) is 154 Å². The van der Waals surface area contributed by atoms with Gasteiger partial charge in [0.25, 0.3) is 0 Å². The number of carboxylic acids is 2. The first kappa shape index (κ1) is 68.7. The summed E-state index contributed by atoms with van der Waals surface area (Å²) in [4.78, 5) is 71.4. The first-order valence-electron chi connectivity index (χ1n) is 32.0. The second kappa shape index (κ2) is 31.1. The maximum Gasteiger partial charge on any atom is 0.481 e. The standard InChI is InChI=1S/C34H49BN2O4.C19H23NO3.C11H12N2O2.C5H11N.CH4.ClH/c1-21(2)14-31(35-40-30-19-25-18-29(33(25,3)4)34(30,5)41-35)37-32(39)23(17-26(38)15-22-10-6-7-11-22)16-24-20-36-28-13-9-8-12-27(24)28;21-16(9-13-5-1-2-6-13)11-14(19(22)23)10-15-12-20-18-8-4-3-7-17(15)18;12-9(11(14)15)5-7-6-13-10-4-2-1-3-8(7)10;6-5-3-1-2-4-5;;/h8-9,12-13,20-23,25,29-31,36H,6-7,10-11,14-19H2,1-5H3,(H,37,39);3-4,7-8,12-14,20H,1-2,5-6,9-11H2,(H,22,23);1-4,6,9,13H,5,12H2,(H,14,15);5H,1-4,6H2;1H4;1H/t23-,25+,29+,30-,31+,34+;14-;9-;;;/m110.../s1. The normalized spacial score (nSPS) is 22.7. The van der Waals surface area contributed by atoms with Crippen LogP contribution in [-0.4, -0.2) is 91.4 Å². The molecule has 3 aromatic heterocycles. The fourth-order valence-electron chi connectivity index (χ4n) is 15.1. The smallest absolute Gasteiger partial charge is 0.481 e. The highest BCUT2D eigenvalue weighted by Gasteiger charge is 2.68. The number of hydrogen-bond acceptors (Lipinski definition) is 9. The Morgan fingerprint density at radius 2 is 1.08 bits per heavy atom. The predicted octanol–water partition coefficient (Wildman–Crippen LogP) is 13.7. The molecule has 0 spiro atoms. The monoisotopic (exact) mass is 1210 g/mol. The number of carboxylic acid groups (broad SMARTS) is 2. The molecular formula is C70H100BClN6O9. The lowest BCUT2D eigenvalue weighted by molar-refractivity contribution is -0.199. The summed E-state index contributed by atoms with van der Waals surface area (Å²) in [5, 5.41) is 24.8. The third-order valence-electron chi connectivity index (χ3n) is 20.1. The van der Waals surface area contributed by atoms with Crippen LogP contribution in [-0.2, 0) is 52.5 Å².